The van der Waals surface area contributed by atoms with E-state index in [9.17, 15) is 40.9 Å². The van der Waals surface area contributed by atoms with Crippen molar-refractivity contribution in [3.63, 3.8) is 0 Å². The van der Waals surface area contributed by atoms with Crippen LogP contribution in [0, 0.1) is 5.92 Å². The third-order valence-electron chi connectivity index (χ3n) is 5.01. The summed E-state index contributed by atoms with van der Waals surface area (Å²) in [6, 6.07) is 0. The van der Waals surface area contributed by atoms with Crippen molar-refractivity contribution >= 4 is 0 Å². The van der Waals surface area contributed by atoms with E-state index in [1.807, 2.05) is 0 Å². The van der Waals surface area contributed by atoms with E-state index >= 15 is 0 Å². The van der Waals surface area contributed by atoms with Gasteiger partial charge in [0.15, 0.2) is 6.29 Å². The zero-order chi connectivity index (χ0) is 18.5. The number of fused-ring (bicyclic) bond motifs is 1. The molecule has 0 radical (unpaired) electrons. The maximum atomic E-state index is 10.5. The Morgan fingerprint density at radius 2 is 1.56 bits per heavy atom. The van der Waals surface area contributed by atoms with Crippen molar-refractivity contribution in [1.82, 2.24) is 0 Å². The second kappa shape index (κ2) is 6.70. The van der Waals surface area contributed by atoms with Crippen LogP contribution in [-0.4, -0.2) is 108 Å². The number of aliphatic hydroxyl groups is 8. The zero-order valence-electron chi connectivity index (χ0n) is 12.9. The largest absolute Gasteiger partial charge is 0.472 e. The standard InChI is InChI=1S/C14H22O11/c15-3-4-6(16)8(18)10(20)13(24-4)25-12-5-7(17)9(19)11(21)14(5,22)1-2-23-12/h1-2,4-13,15-22H,3H2/t4-,5+,6-,7-,8+,9+,10-,11-,12+,13+,14+/m1/s1. The molecule has 25 heavy (non-hydrogen) atoms. The second-order valence-electron chi connectivity index (χ2n) is 6.48. The highest BCUT2D eigenvalue weighted by Crippen LogP contribution is 2.44. The van der Waals surface area contributed by atoms with Crippen LogP contribution in [0.1, 0.15) is 0 Å². The van der Waals surface area contributed by atoms with Crippen LogP contribution in [0.3, 0.4) is 0 Å². The first-order valence-corrected chi connectivity index (χ1v) is 7.78. The summed E-state index contributed by atoms with van der Waals surface area (Å²) >= 11 is 0. The Balaban J connectivity index is 1.79. The molecule has 0 unspecified atom stereocenters. The maximum absolute atomic E-state index is 10.5. The predicted molar refractivity (Wildman–Crippen MR) is 75.3 cm³/mol. The molecule has 3 aliphatic rings. The summed E-state index contributed by atoms with van der Waals surface area (Å²) in [6.45, 7) is -0.663. The lowest BCUT2D eigenvalue weighted by molar-refractivity contribution is -0.348. The SMILES string of the molecule is OC[C@H]1O[C@@H](O[C@@H]2OC=C[C@]3(O)[C@H]2[C@@H](O)[C@H](O)[C@H]3O)[C@H](O)[C@@H](O)[C@@H]1O. The molecule has 0 amide bonds. The van der Waals surface area contributed by atoms with E-state index in [0.717, 1.165) is 12.3 Å². The molecule has 11 atom stereocenters. The summed E-state index contributed by atoms with van der Waals surface area (Å²) < 4.78 is 15.7. The highest BCUT2D eigenvalue weighted by molar-refractivity contribution is 5.20. The molecule has 1 saturated heterocycles. The Hall–Kier alpha value is -0.860. The van der Waals surface area contributed by atoms with Gasteiger partial charge >= 0.3 is 0 Å². The van der Waals surface area contributed by atoms with Gasteiger partial charge in [0.05, 0.1) is 24.9 Å². The van der Waals surface area contributed by atoms with E-state index in [4.69, 9.17) is 14.2 Å². The molecule has 1 saturated carbocycles. The molecule has 144 valence electrons. The van der Waals surface area contributed by atoms with Gasteiger partial charge in [0, 0.05) is 0 Å². The Kier molecular flexibility index (Phi) is 5.07. The van der Waals surface area contributed by atoms with Crippen LogP contribution in [0.4, 0.5) is 0 Å². The van der Waals surface area contributed by atoms with E-state index in [1.165, 1.54) is 0 Å². The number of aliphatic hydroxyl groups excluding tert-OH is 7. The maximum Gasteiger partial charge on any atom is 0.210 e. The Bertz CT molecular complexity index is 513. The van der Waals surface area contributed by atoms with Crippen molar-refractivity contribution in [2.45, 2.75) is 60.9 Å². The Morgan fingerprint density at radius 3 is 2.20 bits per heavy atom. The van der Waals surface area contributed by atoms with Crippen LogP contribution >= 0.6 is 0 Å². The molecule has 2 fully saturated rings. The summed E-state index contributed by atoms with van der Waals surface area (Å²) in [7, 11) is 0. The smallest absolute Gasteiger partial charge is 0.210 e. The number of rotatable bonds is 3. The fourth-order valence-corrected chi connectivity index (χ4v) is 3.47. The van der Waals surface area contributed by atoms with Crippen LogP contribution in [-0.2, 0) is 14.2 Å². The third kappa shape index (κ3) is 2.86. The van der Waals surface area contributed by atoms with E-state index < -0.39 is 73.4 Å². The average molecular weight is 366 g/mol. The van der Waals surface area contributed by atoms with Crippen LogP contribution in [0.5, 0.6) is 0 Å². The normalized spacial score (nSPS) is 55.7. The molecule has 0 bridgehead atoms. The quantitative estimate of drug-likeness (QED) is 0.239. The van der Waals surface area contributed by atoms with E-state index in [-0.39, 0.29) is 0 Å². The molecule has 2 aliphatic heterocycles. The van der Waals surface area contributed by atoms with Crippen molar-refractivity contribution in [3.05, 3.63) is 12.3 Å². The lowest BCUT2D eigenvalue weighted by Gasteiger charge is -2.43. The van der Waals surface area contributed by atoms with Crippen LogP contribution in [0.15, 0.2) is 12.3 Å². The van der Waals surface area contributed by atoms with Gasteiger partial charge < -0.3 is 55.1 Å². The van der Waals surface area contributed by atoms with Crippen LogP contribution < -0.4 is 0 Å². The van der Waals surface area contributed by atoms with Crippen molar-refractivity contribution in [2.24, 2.45) is 5.92 Å². The lowest BCUT2D eigenvalue weighted by Crippen LogP contribution is -2.61. The average Bonchev–Trinajstić information content (AvgIpc) is 2.76. The highest BCUT2D eigenvalue weighted by Gasteiger charge is 2.63. The first kappa shape index (κ1) is 18.9. The van der Waals surface area contributed by atoms with Crippen LogP contribution in [0.2, 0.25) is 0 Å². The predicted octanol–water partition coefficient (Wildman–Crippen LogP) is -4.88. The molecule has 0 aromatic carbocycles. The molecule has 1 aliphatic carbocycles. The summed E-state index contributed by atoms with van der Waals surface area (Å²) in [5, 5.41) is 79.0. The van der Waals surface area contributed by atoms with E-state index in [2.05, 4.69) is 0 Å². The second-order valence-corrected chi connectivity index (χ2v) is 6.48. The van der Waals surface area contributed by atoms with Crippen molar-refractivity contribution in [3.8, 4) is 0 Å². The molecule has 0 aromatic rings. The number of ether oxygens (including phenoxy) is 3. The van der Waals surface area contributed by atoms with Gasteiger partial charge in [-0.1, -0.05) is 0 Å². The number of hydrogen-bond donors (Lipinski definition) is 8. The van der Waals surface area contributed by atoms with Gasteiger partial charge in [-0.3, -0.25) is 0 Å². The Labute approximate surface area is 141 Å². The van der Waals surface area contributed by atoms with Crippen molar-refractivity contribution in [1.29, 1.82) is 0 Å². The molecular formula is C14H22O11. The van der Waals surface area contributed by atoms with Gasteiger partial charge in [0.25, 0.3) is 0 Å². The molecule has 8 N–H and O–H groups in total. The van der Waals surface area contributed by atoms with Crippen molar-refractivity contribution < 1.29 is 55.1 Å². The van der Waals surface area contributed by atoms with Gasteiger partial charge in [-0.15, -0.1) is 0 Å². The topological polar surface area (TPSA) is 190 Å². The molecule has 2 heterocycles. The summed E-state index contributed by atoms with van der Waals surface area (Å²) in [5.41, 5.74) is -2.05. The molecule has 3 rings (SSSR count). The van der Waals surface area contributed by atoms with Gasteiger partial charge in [-0.05, 0) is 6.08 Å². The lowest BCUT2D eigenvalue weighted by atomic mass is 9.86. The highest BCUT2D eigenvalue weighted by atomic mass is 16.8. The van der Waals surface area contributed by atoms with Gasteiger partial charge in [0.1, 0.15) is 42.2 Å². The first-order chi connectivity index (χ1) is 11.7. The minimum atomic E-state index is -2.05. The fourth-order valence-electron chi connectivity index (χ4n) is 3.47. The Morgan fingerprint density at radius 1 is 0.880 bits per heavy atom. The summed E-state index contributed by atoms with van der Waals surface area (Å²) in [4.78, 5) is 0. The van der Waals surface area contributed by atoms with Crippen molar-refractivity contribution in [2.75, 3.05) is 6.61 Å². The summed E-state index contributed by atoms with van der Waals surface area (Å²) in [6.07, 6.45) is -12.1. The van der Waals surface area contributed by atoms with Gasteiger partial charge in [-0.2, -0.15) is 0 Å². The van der Waals surface area contributed by atoms with Gasteiger partial charge in [-0.25, -0.2) is 0 Å². The van der Waals surface area contributed by atoms with E-state index in [0.29, 0.717) is 0 Å². The van der Waals surface area contributed by atoms with E-state index in [1.54, 1.807) is 0 Å². The molecular weight excluding hydrogens is 344 g/mol. The number of hydrogen-bond acceptors (Lipinski definition) is 11. The first-order valence-electron chi connectivity index (χ1n) is 7.78. The van der Waals surface area contributed by atoms with Crippen LogP contribution in [0.25, 0.3) is 0 Å². The van der Waals surface area contributed by atoms with Gasteiger partial charge in [0.2, 0.25) is 6.29 Å². The zero-order valence-corrected chi connectivity index (χ0v) is 12.9. The molecule has 0 spiro atoms. The molecule has 0 aromatic heterocycles. The molecule has 11 heteroatoms. The monoisotopic (exact) mass is 366 g/mol. The summed E-state index contributed by atoms with van der Waals surface area (Å²) in [5.74, 6) is -1.32. The minimum Gasteiger partial charge on any atom is -0.472 e. The third-order valence-corrected chi connectivity index (χ3v) is 5.01. The minimum absolute atomic E-state index is 0.663. The molecule has 11 nitrogen and oxygen atoms in total. The fraction of sp³-hybridized carbons (Fsp3) is 0.857.